The molecule has 0 bridgehead atoms. The number of benzene rings is 6. The molecule has 0 unspecified atom stereocenters. The van der Waals surface area contributed by atoms with Crippen LogP contribution in [-0.2, 0) is 18.5 Å². The van der Waals surface area contributed by atoms with Gasteiger partial charge in [-0.1, -0.05) is 129 Å². The lowest BCUT2D eigenvalue weighted by molar-refractivity contribution is 0.661. The summed E-state index contributed by atoms with van der Waals surface area (Å²) in [6.07, 6.45) is 0. The molecule has 4 N–H and O–H groups in total. The highest BCUT2D eigenvalue weighted by molar-refractivity contribution is 6.11. The smallest absolute Gasteiger partial charge is 0.0544 e. The molecule has 6 aromatic carbocycles. The molecule has 0 saturated carbocycles. The molecule has 224 valence electrons. The fourth-order valence-electron chi connectivity index (χ4n) is 6.44. The van der Waals surface area contributed by atoms with Crippen molar-refractivity contribution in [1.29, 1.82) is 0 Å². The molecule has 0 atom stereocenters. The van der Waals surface area contributed by atoms with Gasteiger partial charge in [0.15, 0.2) is 0 Å². The molecule has 3 heteroatoms. The Bertz CT molecular complexity index is 2010. The van der Waals surface area contributed by atoms with Gasteiger partial charge in [0.25, 0.3) is 0 Å². The third-order valence-electron chi connectivity index (χ3n) is 8.79. The molecule has 0 radical (unpaired) electrons. The Labute approximate surface area is 266 Å². The van der Waals surface area contributed by atoms with Gasteiger partial charge in [-0.25, -0.2) is 0 Å². The Kier molecular flexibility index (Phi) is 8.66. The number of nitrogens with two attached hydrogens (primary N) is 2. The first-order valence-corrected chi connectivity index (χ1v) is 15.6. The Hall–Kier alpha value is -4.96. The van der Waals surface area contributed by atoms with Crippen molar-refractivity contribution in [3.63, 3.8) is 0 Å². The molecule has 8 rings (SSSR count). The second kappa shape index (κ2) is 13.0. The summed E-state index contributed by atoms with van der Waals surface area (Å²) < 4.78 is 2.43. The van der Waals surface area contributed by atoms with Gasteiger partial charge in [0.2, 0.25) is 0 Å². The van der Waals surface area contributed by atoms with E-state index in [4.69, 9.17) is 11.5 Å². The SMILES string of the molecule is Cc1cccc(-n2c3ccccc3c3cc4c(cc32)C(C)(C)c2ccccc2-4)c1.NCc1ccccc1.NCc1ccccc1. The van der Waals surface area contributed by atoms with E-state index in [1.54, 1.807) is 0 Å². The second-order valence-electron chi connectivity index (χ2n) is 12.2. The summed E-state index contributed by atoms with van der Waals surface area (Å²) in [7, 11) is 0. The Morgan fingerprint density at radius 3 is 1.73 bits per heavy atom. The van der Waals surface area contributed by atoms with Crippen LogP contribution < -0.4 is 11.5 Å². The second-order valence-corrected chi connectivity index (χ2v) is 12.2. The quantitative estimate of drug-likeness (QED) is 0.216. The molecule has 1 aliphatic carbocycles. The molecular formula is C42H41N3. The number of hydrogen-bond donors (Lipinski definition) is 2. The van der Waals surface area contributed by atoms with E-state index in [0.717, 1.165) is 0 Å². The van der Waals surface area contributed by atoms with Crippen LogP contribution in [0.2, 0.25) is 0 Å². The molecule has 1 aliphatic rings. The zero-order valence-corrected chi connectivity index (χ0v) is 26.4. The van der Waals surface area contributed by atoms with Crippen molar-refractivity contribution in [2.45, 2.75) is 39.3 Å². The Morgan fingerprint density at radius 1 is 0.511 bits per heavy atom. The molecular weight excluding hydrogens is 546 g/mol. The Balaban J connectivity index is 0.000000183. The van der Waals surface area contributed by atoms with E-state index >= 15 is 0 Å². The lowest BCUT2D eigenvalue weighted by Gasteiger charge is -2.21. The van der Waals surface area contributed by atoms with Crippen molar-refractivity contribution in [2.24, 2.45) is 11.5 Å². The van der Waals surface area contributed by atoms with Gasteiger partial charge < -0.3 is 16.0 Å². The third kappa shape index (κ3) is 5.93. The lowest BCUT2D eigenvalue weighted by Crippen LogP contribution is -2.14. The fourth-order valence-corrected chi connectivity index (χ4v) is 6.44. The van der Waals surface area contributed by atoms with E-state index in [0.29, 0.717) is 13.1 Å². The van der Waals surface area contributed by atoms with Crippen LogP contribution in [0.1, 0.15) is 41.7 Å². The van der Waals surface area contributed by atoms with Gasteiger partial charge in [-0.05, 0) is 76.2 Å². The molecule has 45 heavy (non-hydrogen) atoms. The predicted molar refractivity (Wildman–Crippen MR) is 192 cm³/mol. The minimum absolute atomic E-state index is 0.00794. The highest BCUT2D eigenvalue weighted by Gasteiger charge is 2.36. The predicted octanol–water partition coefficient (Wildman–Crippen LogP) is 9.69. The van der Waals surface area contributed by atoms with E-state index < -0.39 is 0 Å². The summed E-state index contributed by atoms with van der Waals surface area (Å²) in [6.45, 7) is 8.14. The monoisotopic (exact) mass is 587 g/mol. The van der Waals surface area contributed by atoms with E-state index in [1.165, 1.54) is 66.4 Å². The van der Waals surface area contributed by atoms with Crippen LogP contribution in [0.4, 0.5) is 0 Å². The molecule has 1 heterocycles. The van der Waals surface area contributed by atoms with E-state index in [-0.39, 0.29) is 5.41 Å². The zero-order chi connectivity index (χ0) is 31.4. The molecule has 0 saturated heterocycles. The normalized spacial score (nSPS) is 12.5. The summed E-state index contributed by atoms with van der Waals surface area (Å²) in [4.78, 5) is 0. The van der Waals surface area contributed by atoms with Crippen molar-refractivity contribution >= 4 is 21.8 Å². The van der Waals surface area contributed by atoms with Gasteiger partial charge in [-0.15, -0.1) is 0 Å². The standard InChI is InChI=1S/C28H23N.2C7H9N/c1-18-9-8-10-19(15-18)29-26-14-7-5-12-21(26)23-16-22-20-11-4-6-13-24(20)28(2,3)25(22)17-27(23)29;2*8-6-7-4-2-1-3-5-7/h4-17H,1-3H3;2*1-5H,6,8H2. The minimum atomic E-state index is 0.00794. The number of aryl methyl sites for hydroxylation is 1. The number of para-hydroxylation sites is 1. The lowest BCUT2D eigenvalue weighted by atomic mass is 9.82. The largest absolute Gasteiger partial charge is 0.326 e. The van der Waals surface area contributed by atoms with Crippen LogP contribution in [-0.4, -0.2) is 4.57 Å². The van der Waals surface area contributed by atoms with E-state index in [2.05, 4.69) is 110 Å². The average molecular weight is 588 g/mol. The maximum absolute atomic E-state index is 5.35. The van der Waals surface area contributed by atoms with Crippen molar-refractivity contribution < 1.29 is 0 Å². The highest BCUT2D eigenvalue weighted by Crippen LogP contribution is 2.50. The highest BCUT2D eigenvalue weighted by atomic mass is 15.0. The fraction of sp³-hybridized carbons (Fsp3) is 0.143. The van der Waals surface area contributed by atoms with E-state index in [9.17, 15) is 0 Å². The van der Waals surface area contributed by atoms with Crippen LogP contribution in [0.5, 0.6) is 0 Å². The van der Waals surface area contributed by atoms with Crippen LogP contribution in [0, 0.1) is 6.92 Å². The number of hydrogen-bond acceptors (Lipinski definition) is 2. The van der Waals surface area contributed by atoms with Gasteiger partial charge in [0, 0.05) is 35.0 Å². The van der Waals surface area contributed by atoms with Gasteiger partial charge >= 0.3 is 0 Å². The molecule has 0 fully saturated rings. The first-order valence-electron chi connectivity index (χ1n) is 15.6. The van der Waals surface area contributed by atoms with E-state index in [1.807, 2.05) is 60.7 Å². The first kappa shape index (κ1) is 30.1. The number of rotatable bonds is 3. The number of nitrogens with zero attached hydrogens (tertiary/aromatic N) is 1. The van der Waals surface area contributed by atoms with Crippen molar-refractivity contribution in [1.82, 2.24) is 4.57 Å². The minimum Gasteiger partial charge on any atom is -0.326 e. The van der Waals surface area contributed by atoms with Crippen LogP contribution in [0.3, 0.4) is 0 Å². The molecule has 0 amide bonds. The number of fused-ring (bicyclic) bond motifs is 6. The van der Waals surface area contributed by atoms with Gasteiger partial charge in [-0.3, -0.25) is 0 Å². The number of aromatic nitrogens is 1. The van der Waals surface area contributed by atoms with Crippen LogP contribution in [0.15, 0.2) is 146 Å². The first-order chi connectivity index (χ1) is 21.9. The molecule has 3 nitrogen and oxygen atoms in total. The zero-order valence-electron chi connectivity index (χ0n) is 26.4. The third-order valence-corrected chi connectivity index (χ3v) is 8.79. The van der Waals surface area contributed by atoms with Crippen LogP contribution >= 0.6 is 0 Å². The summed E-state index contributed by atoms with van der Waals surface area (Å²) in [6, 6.07) is 51.3. The van der Waals surface area contributed by atoms with Gasteiger partial charge in [0.05, 0.1) is 11.0 Å². The van der Waals surface area contributed by atoms with Crippen molar-refractivity contribution in [2.75, 3.05) is 0 Å². The maximum Gasteiger partial charge on any atom is 0.0544 e. The Morgan fingerprint density at radius 2 is 1.11 bits per heavy atom. The van der Waals surface area contributed by atoms with Gasteiger partial charge in [-0.2, -0.15) is 0 Å². The molecule has 1 aromatic heterocycles. The molecule has 0 aliphatic heterocycles. The van der Waals surface area contributed by atoms with Crippen molar-refractivity contribution in [3.05, 3.63) is 173 Å². The van der Waals surface area contributed by atoms with Crippen molar-refractivity contribution in [3.8, 4) is 16.8 Å². The molecule has 7 aromatic rings. The molecule has 0 spiro atoms. The van der Waals surface area contributed by atoms with Crippen LogP contribution in [0.25, 0.3) is 38.6 Å². The summed E-state index contributed by atoms with van der Waals surface area (Å²) in [5.74, 6) is 0. The van der Waals surface area contributed by atoms with Gasteiger partial charge in [0.1, 0.15) is 0 Å². The summed E-state index contributed by atoms with van der Waals surface area (Å²) in [5.41, 5.74) is 23.7. The summed E-state index contributed by atoms with van der Waals surface area (Å²) in [5, 5.41) is 2.64. The maximum atomic E-state index is 5.35. The summed E-state index contributed by atoms with van der Waals surface area (Å²) >= 11 is 0. The topological polar surface area (TPSA) is 57.0 Å². The average Bonchev–Trinajstić information content (AvgIpc) is 3.53.